The molecule has 0 unspecified atom stereocenters. The standard InChI is InChI=1S/C27H30N2/c1-2-22-23(3-1)26(20-6-8-28-9-7-20)29-25-5-4-21(13-24(22)25)27-14-17-10-18(15-27)12-19(11-17)16-27/h1-2,4-9,13,17-19,22-23,26,29H,3,10-12,14-16H2/t17?,18?,19?,22-,23+,26+,27?/m1/s1. The van der Waals surface area contributed by atoms with Crippen LogP contribution in [0.1, 0.15) is 73.6 Å². The fourth-order valence-corrected chi connectivity index (χ4v) is 8.29. The summed E-state index contributed by atoms with van der Waals surface area (Å²) in [5.41, 5.74) is 6.44. The first-order valence-electron chi connectivity index (χ1n) is 11.7. The van der Waals surface area contributed by atoms with Crippen LogP contribution in [0.3, 0.4) is 0 Å². The van der Waals surface area contributed by atoms with Gasteiger partial charge in [0.1, 0.15) is 0 Å². The van der Waals surface area contributed by atoms with Crippen LogP contribution in [0.5, 0.6) is 0 Å². The van der Waals surface area contributed by atoms with E-state index in [-0.39, 0.29) is 0 Å². The van der Waals surface area contributed by atoms with Gasteiger partial charge in [-0.05, 0) is 109 Å². The third-order valence-corrected chi connectivity index (χ3v) is 9.08. The Bertz CT molecular complexity index is 940. The molecular formula is C27H30N2. The zero-order valence-corrected chi connectivity index (χ0v) is 17.1. The minimum Gasteiger partial charge on any atom is -0.378 e. The van der Waals surface area contributed by atoms with Crippen LogP contribution in [-0.4, -0.2) is 4.98 Å². The maximum atomic E-state index is 4.23. The van der Waals surface area contributed by atoms with Crippen molar-refractivity contribution in [3.05, 3.63) is 71.6 Å². The number of nitrogens with one attached hydrogen (secondary N) is 1. The smallest absolute Gasteiger partial charge is 0.0555 e. The number of fused-ring (bicyclic) bond motifs is 3. The lowest BCUT2D eigenvalue weighted by atomic mass is 9.48. The summed E-state index contributed by atoms with van der Waals surface area (Å²) in [4.78, 5) is 4.23. The number of allylic oxidation sites excluding steroid dienone is 2. The van der Waals surface area contributed by atoms with Crippen LogP contribution in [0.25, 0.3) is 0 Å². The third kappa shape index (κ3) is 2.44. The molecule has 1 aromatic heterocycles. The average molecular weight is 383 g/mol. The Balaban J connectivity index is 1.29. The number of rotatable bonds is 2. The molecule has 2 nitrogen and oxygen atoms in total. The van der Waals surface area contributed by atoms with E-state index in [0.29, 0.717) is 23.3 Å². The Labute approximate surface area is 173 Å². The number of hydrogen-bond acceptors (Lipinski definition) is 2. The molecule has 5 aliphatic carbocycles. The predicted molar refractivity (Wildman–Crippen MR) is 117 cm³/mol. The van der Waals surface area contributed by atoms with Gasteiger partial charge in [-0.1, -0.05) is 24.3 Å². The van der Waals surface area contributed by atoms with Crippen molar-refractivity contribution in [3.63, 3.8) is 0 Å². The second-order valence-electron chi connectivity index (χ2n) is 10.8. The van der Waals surface area contributed by atoms with Gasteiger partial charge in [-0.2, -0.15) is 0 Å². The molecule has 0 saturated heterocycles. The minimum atomic E-state index is 0.385. The number of aromatic nitrogens is 1. The monoisotopic (exact) mass is 382 g/mol. The van der Waals surface area contributed by atoms with E-state index in [1.54, 1.807) is 11.1 Å². The van der Waals surface area contributed by atoms with Crippen molar-refractivity contribution in [2.75, 3.05) is 5.32 Å². The summed E-state index contributed by atoms with van der Waals surface area (Å²) in [6, 6.07) is 12.3. The van der Waals surface area contributed by atoms with E-state index >= 15 is 0 Å². The summed E-state index contributed by atoms with van der Waals surface area (Å²) < 4.78 is 0. The molecule has 0 amide bonds. The molecule has 4 fully saturated rings. The van der Waals surface area contributed by atoms with E-state index in [9.17, 15) is 0 Å². The zero-order valence-electron chi connectivity index (χ0n) is 17.1. The van der Waals surface area contributed by atoms with E-state index in [2.05, 4.69) is 52.8 Å². The molecule has 1 aliphatic heterocycles. The third-order valence-electron chi connectivity index (χ3n) is 9.08. The molecule has 1 N–H and O–H groups in total. The molecule has 6 aliphatic rings. The first kappa shape index (κ1) is 16.7. The number of hydrogen-bond donors (Lipinski definition) is 1. The van der Waals surface area contributed by atoms with Gasteiger partial charge in [0.05, 0.1) is 6.04 Å². The molecule has 29 heavy (non-hydrogen) atoms. The Morgan fingerprint density at radius 3 is 2.34 bits per heavy atom. The maximum absolute atomic E-state index is 4.23. The molecular weight excluding hydrogens is 352 g/mol. The highest BCUT2D eigenvalue weighted by Crippen LogP contribution is 2.61. The van der Waals surface area contributed by atoms with E-state index < -0.39 is 0 Å². The van der Waals surface area contributed by atoms with Crippen molar-refractivity contribution in [2.24, 2.45) is 23.7 Å². The van der Waals surface area contributed by atoms with Gasteiger partial charge >= 0.3 is 0 Å². The van der Waals surface area contributed by atoms with E-state index in [1.807, 2.05) is 12.4 Å². The predicted octanol–water partition coefficient (Wildman–Crippen LogP) is 6.38. The van der Waals surface area contributed by atoms with Gasteiger partial charge in [-0.15, -0.1) is 0 Å². The normalized spacial score (nSPS) is 41.1. The van der Waals surface area contributed by atoms with Gasteiger partial charge < -0.3 is 5.32 Å². The van der Waals surface area contributed by atoms with Crippen LogP contribution < -0.4 is 5.32 Å². The topological polar surface area (TPSA) is 24.9 Å². The van der Waals surface area contributed by atoms with Gasteiger partial charge in [0.25, 0.3) is 0 Å². The summed E-state index contributed by atoms with van der Waals surface area (Å²) in [6.07, 6.45) is 18.9. The van der Waals surface area contributed by atoms with Crippen molar-refractivity contribution < 1.29 is 0 Å². The van der Waals surface area contributed by atoms with Crippen molar-refractivity contribution in [1.82, 2.24) is 4.98 Å². The minimum absolute atomic E-state index is 0.385. The van der Waals surface area contributed by atoms with E-state index in [0.717, 1.165) is 17.8 Å². The van der Waals surface area contributed by atoms with Crippen LogP contribution in [-0.2, 0) is 5.41 Å². The molecule has 4 saturated carbocycles. The lowest BCUT2D eigenvalue weighted by Gasteiger charge is -2.57. The Kier molecular flexibility index (Phi) is 3.43. The quantitative estimate of drug-likeness (QED) is 0.610. The Morgan fingerprint density at radius 1 is 0.897 bits per heavy atom. The van der Waals surface area contributed by atoms with Crippen LogP contribution in [0.2, 0.25) is 0 Å². The maximum Gasteiger partial charge on any atom is 0.0555 e. The fraction of sp³-hybridized carbons (Fsp3) is 0.519. The molecule has 3 atom stereocenters. The molecule has 1 aromatic carbocycles. The van der Waals surface area contributed by atoms with Crippen molar-refractivity contribution in [3.8, 4) is 0 Å². The van der Waals surface area contributed by atoms with Gasteiger partial charge in [0.15, 0.2) is 0 Å². The molecule has 2 heteroatoms. The second kappa shape index (κ2) is 5.97. The molecule has 148 valence electrons. The first-order valence-corrected chi connectivity index (χ1v) is 11.7. The summed E-state index contributed by atoms with van der Waals surface area (Å²) in [5, 5.41) is 3.92. The highest BCUT2D eigenvalue weighted by Gasteiger charge is 2.52. The van der Waals surface area contributed by atoms with Crippen molar-refractivity contribution in [2.45, 2.75) is 62.3 Å². The fourth-order valence-electron chi connectivity index (χ4n) is 8.29. The summed E-state index contributed by atoms with van der Waals surface area (Å²) in [7, 11) is 0. The number of pyridine rings is 1. The average Bonchev–Trinajstić information content (AvgIpc) is 3.23. The summed E-state index contributed by atoms with van der Waals surface area (Å²) in [5.74, 6) is 4.19. The van der Waals surface area contributed by atoms with Crippen LogP contribution >= 0.6 is 0 Å². The van der Waals surface area contributed by atoms with E-state index in [1.165, 1.54) is 56.2 Å². The highest BCUT2D eigenvalue weighted by molar-refractivity contribution is 5.61. The molecule has 8 rings (SSSR count). The summed E-state index contributed by atoms with van der Waals surface area (Å²) in [6.45, 7) is 0. The SMILES string of the molecule is C1=C[C@H]2c3cc(C45CC6CC(CC(C6)C4)C5)ccc3N[C@@H](c3ccncc3)[C@H]2C1. The van der Waals surface area contributed by atoms with Crippen LogP contribution in [0.15, 0.2) is 54.9 Å². The first-order chi connectivity index (χ1) is 14.3. The van der Waals surface area contributed by atoms with Crippen molar-refractivity contribution in [1.29, 1.82) is 0 Å². The number of anilines is 1. The Hall–Kier alpha value is -2.09. The van der Waals surface area contributed by atoms with Gasteiger partial charge in [-0.3, -0.25) is 4.98 Å². The molecule has 2 heterocycles. The van der Waals surface area contributed by atoms with Gasteiger partial charge in [-0.25, -0.2) is 0 Å². The lowest BCUT2D eigenvalue weighted by molar-refractivity contribution is -0.00523. The van der Waals surface area contributed by atoms with Gasteiger partial charge in [0, 0.05) is 24.0 Å². The molecule has 4 bridgehead atoms. The van der Waals surface area contributed by atoms with Crippen LogP contribution in [0.4, 0.5) is 5.69 Å². The molecule has 0 spiro atoms. The van der Waals surface area contributed by atoms with Crippen molar-refractivity contribution >= 4 is 5.69 Å². The highest BCUT2D eigenvalue weighted by atomic mass is 15.0. The molecule has 2 aromatic rings. The van der Waals surface area contributed by atoms with Crippen LogP contribution in [0, 0.1) is 23.7 Å². The van der Waals surface area contributed by atoms with Gasteiger partial charge in [0.2, 0.25) is 0 Å². The number of nitrogens with zero attached hydrogens (tertiary/aromatic N) is 1. The van der Waals surface area contributed by atoms with E-state index in [4.69, 9.17) is 0 Å². The second-order valence-corrected chi connectivity index (χ2v) is 10.8. The molecule has 0 radical (unpaired) electrons. The largest absolute Gasteiger partial charge is 0.378 e. The lowest BCUT2D eigenvalue weighted by Crippen LogP contribution is -2.48. The zero-order chi connectivity index (χ0) is 19.0. The Morgan fingerprint density at radius 2 is 1.62 bits per heavy atom. The summed E-state index contributed by atoms with van der Waals surface area (Å²) >= 11 is 0. The number of benzene rings is 1.